The quantitative estimate of drug-likeness (QED) is 0.537. The average Bonchev–Trinajstić information content (AvgIpc) is 2.93. The van der Waals surface area contributed by atoms with E-state index in [2.05, 4.69) is 64.9 Å². The Morgan fingerprint density at radius 2 is 1.81 bits per heavy atom. The van der Waals surface area contributed by atoms with Gasteiger partial charge in [-0.25, -0.2) is 4.98 Å². The fraction of sp³-hybridized carbons (Fsp3) is 0.273. The van der Waals surface area contributed by atoms with Crippen molar-refractivity contribution in [1.82, 2.24) is 14.5 Å². The third kappa shape index (κ3) is 2.29. The van der Waals surface area contributed by atoms with Gasteiger partial charge in [-0.2, -0.15) is 0 Å². The van der Waals surface area contributed by atoms with Crippen LogP contribution in [0.25, 0.3) is 32.9 Å². The summed E-state index contributed by atoms with van der Waals surface area (Å²) in [6.45, 7) is 0. The highest BCUT2D eigenvalue weighted by atomic mass is 15.2. The second-order valence-corrected chi connectivity index (χ2v) is 7.28. The molecule has 0 bridgehead atoms. The summed E-state index contributed by atoms with van der Waals surface area (Å²) in [5.41, 5.74) is 4.78. The number of benzene rings is 1. The van der Waals surface area contributed by atoms with Gasteiger partial charge in [-0.3, -0.25) is 4.98 Å². The highest BCUT2D eigenvalue weighted by Gasteiger charge is 2.22. The lowest BCUT2D eigenvalue weighted by atomic mass is 9.92. The number of anilines is 1. The van der Waals surface area contributed by atoms with Crippen LogP contribution in [0.2, 0.25) is 0 Å². The molecule has 0 spiro atoms. The van der Waals surface area contributed by atoms with E-state index >= 15 is 0 Å². The van der Waals surface area contributed by atoms with E-state index in [0.717, 1.165) is 11.4 Å². The van der Waals surface area contributed by atoms with Crippen molar-refractivity contribution in [3.63, 3.8) is 0 Å². The van der Waals surface area contributed by atoms with E-state index in [1.54, 1.807) is 0 Å². The molecule has 1 aromatic carbocycles. The first-order chi connectivity index (χ1) is 12.7. The molecule has 0 amide bonds. The summed E-state index contributed by atoms with van der Waals surface area (Å²) in [7, 11) is 4.27. The minimum Gasteiger partial charge on any atom is -0.357 e. The van der Waals surface area contributed by atoms with Crippen molar-refractivity contribution in [2.75, 3.05) is 11.9 Å². The number of aryl methyl sites for hydroxylation is 1. The summed E-state index contributed by atoms with van der Waals surface area (Å²) in [6, 6.07) is 13.7. The van der Waals surface area contributed by atoms with E-state index in [4.69, 9.17) is 4.98 Å². The average molecular weight is 342 g/mol. The van der Waals surface area contributed by atoms with Crippen LogP contribution in [0.15, 0.2) is 55.0 Å². The van der Waals surface area contributed by atoms with Gasteiger partial charge >= 0.3 is 0 Å². The molecule has 0 atom stereocenters. The number of fused-ring (bicyclic) bond motifs is 3. The fourth-order valence-corrected chi connectivity index (χ4v) is 3.96. The second-order valence-electron chi connectivity index (χ2n) is 7.28. The Balaban J connectivity index is 1.54. The lowest BCUT2D eigenvalue weighted by Crippen LogP contribution is -2.37. The molecule has 1 aliphatic carbocycles. The molecule has 0 radical (unpaired) electrons. The molecule has 5 rings (SSSR count). The molecule has 0 N–H and O–H groups in total. The van der Waals surface area contributed by atoms with Gasteiger partial charge in [-0.1, -0.05) is 12.1 Å². The van der Waals surface area contributed by atoms with Crippen molar-refractivity contribution in [3.8, 4) is 11.1 Å². The van der Waals surface area contributed by atoms with Crippen LogP contribution >= 0.6 is 0 Å². The van der Waals surface area contributed by atoms with Gasteiger partial charge in [0.2, 0.25) is 0 Å². The van der Waals surface area contributed by atoms with E-state index in [9.17, 15) is 0 Å². The lowest BCUT2D eigenvalue weighted by Gasteiger charge is -2.35. The first-order valence-corrected chi connectivity index (χ1v) is 9.24. The Morgan fingerprint density at radius 1 is 0.962 bits per heavy atom. The van der Waals surface area contributed by atoms with Crippen LogP contribution in [0, 0.1) is 0 Å². The number of aromatic nitrogens is 3. The van der Waals surface area contributed by atoms with Gasteiger partial charge in [0.1, 0.15) is 5.82 Å². The summed E-state index contributed by atoms with van der Waals surface area (Å²) in [4.78, 5) is 11.3. The largest absolute Gasteiger partial charge is 0.357 e. The maximum atomic E-state index is 4.71. The molecule has 4 aromatic rings. The van der Waals surface area contributed by atoms with Crippen LogP contribution < -0.4 is 4.90 Å². The van der Waals surface area contributed by atoms with Gasteiger partial charge in [0.15, 0.2) is 0 Å². The normalized spacial score (nSPS) is 14.7. The Bertz CT molecular complexity index is 1090. The zero-order valence-electron chi connectivity index (χ0n) is 15.2. The van der Waals surface area contributed by atoms with Crippen LogP contribution in [-0.4, -0.2) is 27.6 Å². The maximum absolute atomic E-state index is 4.71. The summed E-state index contributed by atoms with van der Waals surface area (Å²) in [5, 5.41) is 2.45. The third-order valence-corrected chi connectivity index (χ3v) is 5.87. The van der Waals surface area contributed by atoms with Crippen LogP contribution in [0.1, 0.15) is 19.3 Å². The Morgan fingerprint density at radius 3 is 2.54 bits per heavy atom. The second kappa shape index (κ2) is 5.84. The Kier molecular flexibility index (Phi) is 3.45. The summed E-state index contributed by atoms with van der Waals surface area (Å²) < 4.78 is 2.24. The number of rotatable bonds is 3. The molecule has 4 heteroatoms. The molecular formula is C22H22N4. The zero-order chi connectivity index (χ0) is 17.7. The first-order valence-electron chi connectivity index (χ1n) is 9.24. The van der Waals surface area contributed by atoms with E-state index in [1.807, 2.05) is 18.6 Å². The molecule has 1 fully saturated rings. The van der Waals surface area contributed by atoms with Crippen LogP contribution in [0.5, 0.6) is 0 Å². The standard InChI is InChI=1S/C22H22N4/c1-25(17-4-3-5-17)22-9-7-16(13-24-22)15-6-8-18-19-14-23-11-10-20(19)26(2)21(18)12-15/h6-14,17H,3-5H2,1-2H3. The van der Waals surface area contributed by atoms with Crippen molar-refractivity contribution >= 4 is 27.6 Å². The SMILES string of the molecule is CN(c1ccc(-c2ccc3c4cnccc4n(C)c3c2)cn1)C1CCC1. The number of nitrogens with zero attached hydrogens (tertiary/aromatic N) is 4. The molecule has 3 aromatic heterocycles. The minimum atomic E-state index is 0.661. The van der Waals surface area contributed by atoms with Crippen molar-refractivity contribution < 1.29 is 0 Å². The predicted octanol–water partition coefficient (Wildman–Crippen LogP) is 4.78. The molecule has 0 unspecified atom stereocenters. The molecule has 0 saturated heterocycles. The van der Waals surface area contributed by atoms with E-state index in [-0.39, 0.29) is 0 Å². The molecular weight excluding hydrogens is 320 g/mol. The Labute approximate surface area is 153 Å². The molecule has 0 aliphatic heterocycles. The highest BCUT2D eigenvalue weighted by molar-refractivity contribution is 6.08. The van der Waals surface area contributed by atoms with Gasteiger partial charge in [-0.15, -0.1) is 0 Å². The lowest BCUT2D eigenvalue weighted by molar-refractivity contribution is 0.399. The minimum absolute atomic E-state index is 0.661. The molecule has 1 aliphatic rings. The van der Waals surface area contributed by atoms with Crippen molar-refractivity contribution in [1.29, 1.82) is 0 Å². The van der Waals surface area contributed by atoms with Gasteiger partial charge in [0, 0.05) is 60.6 Å². The molecule has 130 valence electrons. The van der Waals surface area contributed by atoms with E-state index < -0.39 is 0 Å². The van der Waals surface area contributed by atoms with Crippen LogP contribution in [-0.2, 0) is 7.05 Å². The number of pyridine rings is 2. The fourth-order valence-electron chi connectivity index (χ4n) is 3.96. The highest BCUT2D eigenvalue weighted by Crippen LogP contribution is 2.32. The summed E-state index contributed by atoms with van der Waals surface area (Å²) in [6.07, 6.45) is 9.70. The monoisotopic (exact) mass is 342 g/mol. The third-order valence-electron chi connectivity index (χ3n) is 5.87. The number of hydrogen-bond acceptors (Lipinski definition) is 3. The number of hydrogen-bond donors (Lipinski definition) is 0. The van der Waals surface area contributed by atoms with Gasteiger partial charge < -0.3 is 9.47 Å². The topological polar surface area (TPSA) is 34.0 Å². The smallest absolute Gasteiger partial charge is 0.128 e. The summed E-state index contributed by atoms with van der Waals surface area (Å²) in [5.74, 6) is 1.07. The molecule has 3 heterocycles. The van der Waals surface area contributed by atoms with Crippen molar-refractivity contribution in [2.24, 2.45) is 7.05 Å². The molecule has 1 saturated carbocycles. The predicted molar refractivity (Wildman–Crippen MR) is 107 cm³/mol. The van der Waals surface area contributed by atoms with E-state index in [1.165, 1.54) is 46.6 Å². The Hall–Kier alpha value is -2.88. The molecule has 26 heavy (non-hydrogen) atoms. The van der Waals surface area contributed by atoms with Crippen molar-refractivity contribution in [3.05, 3.63) is 55.0 Å². The van der Waals surface area contributed by atoms with Crippen LogP contribution in [0.3, 0.4) is 0 Å². The van der Waals surface area contributed by atoms with Crippen molar-refractivity contribution in [2.45, 2.75) is 25.3 Å². The van der Waals surface area contributed by atoms with E-state index in [0.29, 0.717) is 6.04 Å². The van der Waals surface area contributed by atoms with Crippen LogP contribution in [0.4, 0.5) is 5.82 Å². The first kappa shape index (κ1) is 15.4. The van der Waals surface area contributed by atoms with Gasteiger partial charge in [0.05, 0.1) is 5.52 Å². The van der Waals surface area contributed by atoms with Gasteiger partial charge in [0.25, 0.3) is 0 Å². The zero-order valence-corrected chi connectivity index (χ0v) is 15.2. The molecule has 4 nitrogen and oxygen atoms in total. The maximum Gasteiger partial charge on any atom is 0.128 e. The van der Waals surface area contributed by atoms with Gasteiger partial charge in [-0.05, 0) is 49.1 Å². The summed E-state index contributed by atoms with van der Waals surface area (Å²) >= 11 is 0.